The van der Waals surface area contributed by atoms with E-state index < -0.39 is 12.1 Å². The van der Waals surface area contributed by atoms with Crippen molar-refractivity contribution in [2.75, 3.05) is 33.1 Å². The summed E-state index contributed by atoms with van der Waals surface area (Å²) in [6, 6.07) is 8.71. The number of thioether (sulfide) groups is 1. The van der Waals surface area contributed by atoms with E-state index in [4.69, 9.17) is 9.47 Å². The molecule has 0 aliphatic carbocycles. The molecule has 1 aliphatic rings. The Morgan fingerprint density at radius 3 is 2.55 bits per heavy atom. The van der Waals surface area contributed by atoms with Gasteiger partial charge >= 0.3 is 6.09 Å². The first-order valence-corrected chi connectivity index (χ1v) is 10.4. The van der Waals surface area contributed by atoms with Gasteiger partial charge in [0.1, 0.15) is 12.6 Å². The van der Waals surface area contributed by atoms with Crippen LogP contribution in [-0.2, 0) is 27.4 Å². The normalized spacial score (nSPS) is 16.8. The first-order chi connectivity index (χ1) is 14.1. The fourth-order valence-electron chi connectivity index (χ4n) is 3.09. The average Bonchev–Trinajstić information content (AvgIpc) is 2.76. The van der Waals surface area contributed by atoms with Crippen LogP contribution in [0.25, 0.3) is 0 Å². The molecule has 1 aliphatic heterocycles. The molecule has 1 aromatic heterocycles. The van der Waals surface area contributed by atoms with E-state index in [1.165, 1.54) is 23.8 Å². The lowest BCUT2D eigenvalue weighted by Crippen LogP contribution is -2.60. The summed E-state index contributed by atoms with van der Waals surface area (Å²) < 4.78 is 10.6. The number of amides is 2. The molecule has 0 bridgehead atoms. The summed E-state index contributed by atoms with van der Waals surface area (Å²) in [4.78, 5) is 37.2. The van der Waals surface area contributed by atoms with Gasteiger partial charge < -0.3 is 14.4 Å². The number of hydrogen-bond acceptors (Lipinski definition) is 7. The summed E-state index contributed by atoms with van der Waals surface area (Å²) in [7, 11) is 1.51. The number of rotatable bonds is 7. The fourth-order valence-corrected chi connectivity index (χ4v) is 3.40. The lowest BCUT2D eigenvalue weighted by Gasteiger charge is -2.39. The molecule has 1 aromatic carbocycles. The number of aromatic nitrogens is 2. The van der Waals surface area contributed by atoms with Crippen molar-refractivity contribution >= 4 is 23.8 Å². The van der Waals surface area contributed by atoms with Gasteiger partial charge in [0, 0.05) is 44.7 Å². The minimum absolute atomic E-state index is 0.109. The van der Waals surface area contributed by atoms with Gasteiger partial charge in [-0.15, -0.1) is 0 Å². The Balaban J connectivity index is 1.63. The zero-order chi connectivity index (χ0) is 20.6. The van der Waals surface area contributed by atoms with Crippen LogP contribution in [0, 0.1) is 0 Å². The quantitative estimate of drug-likeness (QED) is 0.505. The maximum absolute atomic E-state index is 13.0. The lowest BCUT2D eigenvalue weighted by atomic mass is 10.1. The second kappa shape index (κ2) is 10.2. The highest BCUT2D eigenvalue weighted by Crippen LogP contribution is 2.17. The Morgan fingerprint density at radius 2 is 1.90 bits per heavy atom. The van der Waals surface area contributed by atoms with E-state index in [2.05, 4.69) is 9.97 Å². The monoisotopic (exact) mass is 416 g/mol. The molecule has 0 radical (unpaired) electrons. The Kier molecular flexibility index (Phi) is 7.42. The highest BCUT2D eigenvalue weighted by atomic mass is 32.2. The molecule has 2 amide bonds. The number of piperazine rings is 1. The SMILES string of the molecule is COCC1C(=O)N(Cc2cnc(SC)nc2)CCN1C(=O)OCc1ccccc1. The third kappa shape index (κ3) is 5.45. The number of hydrogen-bond donors (Lipinski definition) is 0. The van der Waals surface area contributed by atoms with Crippen molar-refractivity contribution in [3.05, 3.63) is 53.9 Å². The first kappa shape index (κ1) is 21.1. The number of carbonyl (C=O) groups is 2. The van der Waals surface area contributed by atoms with Crippen molar-refractivity contribution in [3.63, 3.8) is 0 Å². The van der Waals surface area contributed by atoms with Crippen LogP contribution >= 0.6 is 11.8 Å². The summed E-state index contributed by atoms with van der Waals surface area (Å²) in [6.07, 6.45) is 4.83. The summed E-state index contributed by atoms with van der Waals surface area (Å²) in [6.45, 7) is 1.44. The van der Waals surface area contributed by atoms with E-state index >= 15 is 0 Å². The molecule has 9 heteroatoms. The molecule has 3 rings (SSSR count). The standard InChI is InChI=1S/C20H24N4O4S/c1-27-14-17-18(25)23(12-16-10-21-19(29-2)22-11-16)8-9-24(17)20(26)28-13-15-6-4-3-5-7-15/h3-7,10-11,17H,8-9,12-14H2,1-2H3. The van der Waals surface area contributed by atoms with Crippen molar-refractivity contribution in [1.29, 1.82) is 0 Å². The predicted molar refractivity (Wildman–Crippen MR) is 108 cm³/mol. The van der Waals surface area contributed by atoms with Crippen LogP contribution in [0.3, 0.4) is 0 Å². The van der Waals surface area contributed by atoms with Gasteiger partial charge in [0.2, 0.25) is 5.91 Å². The van der Waals surface area contributed by atoms with Gasteiger partial charge in [-0.1, -0.05) is 42.1 Å². The molecule has 154 valence electrons. The molecule has 1 saturated heterocycles. The van der Waals surface area contributed by atoms with E-state index in [9.17, 15) is 9.59 Å². The number of ether oxygens (including phenoxy) is 2. The number of benzene rings is 1. The largest absolute Gasteiger partial charge is 0.445 e. The molecule has 1 unspecified atom stereocenters. The van der Waals surface area contributed by atoms with Gasteiger partial charge in [0.25, 0.3) is 0 Å². The van der Waals surface area contributed by atoms with E-state index in [0.717, 1.165) is 11.1 Å². The molecule has 1 fully saturated rings. The van der Waals surface area contributed by atoms with Crippen molar-refractivity contribution < 1.29 is 19.1 Å². The maximum atomic E-state index is 13.0. The highest BCUT2D eigenvalue weighted by Gasteiger charge is 2.38. The smallest absolute Gasteiger partial charge is 0.410 e. The van der Waals surface area contributed by atoms with Crippen LogP contribution in [0.4, 0.5) is 4.79 Å². The third-order valence-electron chi connectivity index (χ3n) is 4.59. The molecule has 0 spiro atoms. The molecule has 29 heavy (non-hydrogen) atoms. The molecular formula is C20H24N4O4S. The topological polar surface area (TPSA) is 84.9 Å². The first-order valence-electron chi connectivity index (χ1n) is 9.22. The van der Waals surface area contributed by atoms with Crippen LogP contribution in [0.15, 0.2) is 47.9 Å². The van der Waals surface area contributed by atoms with Crippen molar-refractivity contribution in [1.82, 2.24) is 19.8 Å². The molecule has 0 saturated carbocycles. The Morgan fingerprint density at radius 1 is 1.17 bits per heavy atom. The van der Waals surface area contributed by atoms with Crippen LogP contribution in [0.1, 0.15) is 11.1 Å². The molecule has 0 N–H and O–H groups in total. The molecule has 1 atom stereocenters. The Hall–Kier alpha value is -2.65. The van der Waals surface area contributed by atoms with Gasteiger partial charge in [0.15, 0.2) is 5.16 Å². The summed E-state index contributed by atoms with van der Waals surface area (Å²) in [5.41, 5.74) is 1.73. The minimum Gasteiger partial charge on any atom is -0.445 e. The van der Waals surface area contributed by atoms with E-state index in [1.54, 1.807) is 17.3 Å². The molecule has 2 aromatic rings. The average molecular weight is 417 g/mol. The van der Waals surface area contributed by atoms with Gasteiger partial charge in [0.05, 0.1) is 6.61 Å². The number of methoxy groups -OCH3 is 1. The van der Waals surface area contributed by atoms with Gasteiger partial charge in [-0.2, -0.15) is 0 Å². The van der Waals surface area contributed by atoms with E-state index in [-0.39, 0.29) is 19.1 Å². The summed E-state index contributed by atoms with van der Waals surface area (Å²) in [5, 5.41) is 0.684. The third-order valence-corrected chi connectivity index (χ3v) is 5.16. The highest BCUT2D eigenvalue weighted by molar-refractivity contribution is 7.98. The van der Waals surface area contributed by atoms with Crippen molar-refractivity contribution in [2.24, 2.45) is 0 Å². The van der Waals surface area contributed by atoms with Gasteiger partial charge in [-0.05, 0) is 11.8 Å². The van der Waals surface area contributed by atoms with Crippen LogP contribution in [0.2, 0.25) is 0 Å². The number of carbonyl (C=O) groups excluding carboxylic acids is 2. The van der Waals surface area contributed by atoms with Crippen LogP contribution in [-0.4, -0.2) is 70.9 Å². The van der Waals surface area contributed by atoms with Crippen molar-refractivity contribution in [2.45, 2.75) is 24.3 Å². The van der Waals surface area contributed by atoms with Gasteiger partial charge in [-0.3, -0.25) is 9.69 Å². The Labute approximate surface area is 174 Å². The fraction of sp³-hybridized carbons (Fsp3) is 0.400. The second-order valence-corrected chi connectivity index (χ2v) is 7.32. The Bertz CT molecular complexity index is 819. The molecule has 8 nitrogen and oxygen atoms in total. The van der Waals surface area contributed by atoms with Crippen molar-refractivity contribution in [3.8, 4) is 0 Å². The predicted octanol–water partition coefficient (Wildman–Crippen LogP) is 2.19. The zero-order valence-electron chi connectivity index (χ0n) is 16.5. The maximum Gasteiger partial charge on any atom is 0.410 e. The summed E-state index contributed by atoms with van der Waals surface area (Å²) in [5.74, 6) is -0.177. The zero-order valence-corrected chi connectivity index (χ0v) is 17.3. The van der Waals surface area contributed by atoms with Gasteiger partial charge in [-0.25, -0.2) is 14.8 Å². The van der Waals surface area contributed by atoms with Crippen LogP contribution in [0.5, 0.6) is 0 Å². The van der Waals surface area contributed by atoms with E-state index in [0.29, 0.717) is 24.8 Å². The number of nitrogens with zero attached hydrogens (tertiary/aromatic N) is 4. The second-order valence-electron chi connectivity index (χ2n) is 6.54. The van der Waals surface area contributed by atoms with E-state index in [1.807, 2.05) is 36.6 Å². The lowest BCUT2D eigenvalue weighted by molar-refractivity contribution is -0.143. The summed E-state index contributed by atoms with van der Waals surface area (Å²) >= 11 is 1.46. The molecule has 2 heterocycles. The molecular weight excluding hydrogens is 392 g/mol. The minimum atomic E-state index is -0.719. The van der Waals surface area contributed by atoms with Crippen LogP contribution < -0.4 is 0 Å².